The highest BCUT2D eigenvalue weighted by Gasteiger charge is 2.18. The predicted molar refractivity (Wildman–Crippen MR) is 70.7 cm³/mol. The molecule has 108 valence electrons. The van der Waals surface area contributed by atoms with Gasteiger partial charge in [-0.25, -0.2) is 17.2 Å². The van der Waals surface area contributed by atoms with Gasteiger partial charge in [0.05, 0.1) is 5.69 Å². The van der Waals surface area contributed by atoms with Gasteiger partial charge >= 0.3 is 0 Å². The van der Waals surface area contributed by atoms with Gasteiger partial charge in [0.25, 0.3) is 10.0 Å². The van der Waals surface area contributed by atoms with E-state index in [4.69, 9.17) is 0 Å². The van der Waals surface area contributed by atoms with Crippen molar-refractivity contribution in [3.63, 3.8) is 0 Å². The number of sulfonamides is 1. The number of nitrogens with one attached hydrogen (secondary N) is 3. The molecule has 0 amide bonds. The van der Waals surface area contributed by atoms with Crippen molar-refractivity contribution < 1.29 is 17.2 Å². The second-order valence-corrected chi connectivity index (χ2v) is 5.80. The molecule has 2 aromatic rings. The summed E-state index contributed by atoms with van der Waals surface area (Å²) in [7, 11) is -2.25. The zero-order valence-electron chi connectivity index (χ0n) is 10.6. The molecule has 0 saturated carbocycles. The number of halogens is 2. The molecule has 1 aromatic carbocycles. The SMILES string of the molecule is CNCc1cc(S(=O)(=O)Nc2cc(F)ccc2F)c[nH]1. The first-order valence-corrected chi connectivity index (χ1v) is 7.20. The first-order chi connectivity index (χ1) is 9.42. The Hall–Kier alpha value is -1.93. The van der Waals surface area contributed by atoms with Crippen LogP contribution in [0.2, 0.25) is 0 Å². The van der Waals surface area contributed by atoms with Gasteiger partial charge in [-0.05, 0) is 25.2 Å². The summed E-state index contributed by atoms with van der Waals surface area (Å²) < 4.78 is 52.5. The lowest BCUT2D eigenvalue weighted by molar-refractivity contribution is 0.594. The Labute approximate surface area is 115 Å². The molecule has 8 heteroatoms. The molecule has 0 spiro atoms. The quantitative estimate of drug-likeness (QED) is 0.788. The van der Waals surface area contributed by atoms with Gasteiger partial charge in [-0.3, -0.25) is 4.72 Å². The van der Waals surface area contributed by atoms with Crippen molar-refractivity contribution in [2.45, 2.75) is 11.4 Å². The number of anilines is 1. The van der Waals surface area contributed by atoms with Crippen LogP contribution in [0.3, 0.4) is 0 Å². The number of rotatable bonds is 5. The van der Waals surface area contributed by atoms with Gasteiger partial charge in [0.15, 0.2) is 0 Å². The van der Waals surface area contributed by atoms with E-state index >= 15 is 0 Å². The maximum Gasteiger partial charge on any atom is 0.263 e. The van der Waals surface area contributed by atoms with Gasteiger partial charge in [-0.15, -0.1) is 0 Å². The first-order valence-electron chi connectivity index (χ1n) is 5.72. The third-order valence-corrected chi connectivity index (χ3v) is 3.91. The van der Waals surface area contributed by atoms with Gasteiger partial charge in [-0.1, -0.05) is 0 Å². The standard InChI is InChI=1S/C12H13F2N3O2S/c1-15-6-9-5-10(7-16-9)20(18,19)17-12-4-8(13)2-3-11(12)14/h2-5,7,15-17H,6H2,1H3. The van der Waals surface area contributed by atoms with Crippen molar-refractivity contribution in [2.24, 2.45) is 0 Å². The number of aromatic amines is 1. The Morgan fingerprint density at radius 1 is 1.25 bits per heavy atom. The summed E-state index contributed by atoms with van der Waals surface area (Å²) in [6.45, 7) is 0.462. The Morgan fingerprint density at radius 3 is 2.70 bits per heavy atom. The van der Waals surface area contributed by atoms with Gasteiger partial charge in [-0.2, -0.15) is 0 Å². The van der Waals surface area contributed by atoms with Crippen molar-refractivity contribution in [1.29, 1.82) is 0 Å². The van der Waals surface area contributed by atoms with E-state index in [0.29, 0.717) is 12.2 Å². The largest absolute Gasteiger partial charge is 0.363 e. The molecule has 1 aromatic heterocycles. The zero-order valence-corrected chi connectivity index (χ0v) is 11.4. The summed E-state index contributed by atoms with van der Waals surface area (Å²) in [5.41, 5.74) is 0.231. The van der Waals surface area contributed by atoms with E-state index in [0.717, 1.165) is 18.2 Å². The minimum absolute atomic E-state index is 0.0496. The van der Waals surface area contributed by atoms with Crippen molar-refractivity contribution in [3.8, 4) is 0 Å². The van der Waals surface area contributed by atoms with Crippen LogP contribution in [0.5, 0.6) is 0 Å². The maximum absolute atomic E-state index is 13.4. The zero-order chi connectivity index (χ0) is 14.8. The average Bonchev–Trinajstić information content (AvgIpc) is 2.83. The van der Waals surface area contributed by atoms with E-state index in [1.807, 2.05) is 4.72 Å². The van der Waals surface area contributed by atoms with E-state index < -0.39 is 27.3 Å². The smallest absolute Gasteiger partial charge is 0.263 e. The van der Waals surface area contributed by atoms with E-state index in [-0.39, 0.29) is 4.90 Å². The molecule has 0 radical (unpaired) electrons. The molecule has 0 bridgehead atoms. The molecule has 0 aliphatic rings. The molecule has 0 aliphatic carbocycles. The highest BCUT2D eigenvalue weighted by Crippen LogP contribution is 2.20. The molecule has 5 nitrogen and oxygen atoms in total. The third-order valence-electron chi connectivity index (χ3n) is 2.57. The van der Waals surface area contributed by atoms with Crippen molar-refractivity contribution >= 4 is 15.7 Å². The van der Waals surface area contributed by atoms with Crippen LogP contribution in [-0.4, -0.2) is 20.4 Å². The molecule has 3 N–H and O–H groups in total. The summed E-state index contributed by atoms with van der Waals surface area (Å²) in [5.74, 6) is -1.57. The Kier molecular flexibility index (Phi) is 4.05. The summed E-state index contributed by atoms with van der Waals surface area (Å²) in [6, 6.07) is 3.97. The third kappa shape index (κ3) is 3.14. The molecule has 0 aliphatic heterocycles. The summed E-state index contributed by atoms with van der Waals surface area (Å²) in [4.78, 5) is 2.73. The molecule has 1 heterocycles. The van der Waals surface area contributed by atoms with E-state index in [9.17, 15) is 17.2 Å². The lowest BCUT2D eigenvalue weighted by Crippen LogP contribution is -2.13. The van der Waals surface area contributed by atoms with Gasteiger partial charge in [0.1, 0.15) is 16.5 Å². The predicted octanol–water partition coefficient (Wildman–Crippen LogP) is 1.81. The Bertz CT molecular complexity index is 713. The van der Waals surface area contributed by atoms with E-state index in [2.05, 4.69) is 10.3 Å². The van der Waals surface area contributed by atoms with Crippen LogP contribution in [0.4, 0.5) is 14.5 Å². The normalized spacial score (nSPS) is 11.6. The molecule has 0 atom stereocenters. The van der Waals surface area contributed by atoms with Gasteiger partial charge < -0.3 is 10.3 Å². The molecule has 0 saturated heterocycles. The summed E-state index contributed by atoms with van der Waals surface area (Å²) in [6.07, 6.45) is 1.28. The minimum Gasteiger partial charge on any atom is -0.363 e. The number of hydrogen-bond donors (Lipinski definition) is 3. The van der Waals surface area contributed by atoms with Crippen LogP contribution in [0.15, 0.2) is 35.4 Å². The lowest BCUT2D eigenvalue weighted by Gasteiger charge is -2.07. The van der Waals surface area contributed by atoms with Crippen LogP contribution in [0, 0.1) is 11.6 Å². The van der Waals surface area contributed by atoms with Crippen LogP contribution < -0.4 is 10.0 Å². The molecular weight excluding hydrogens is 288 g/mol. The molecule has 0 fully saturated rings. The number of benzene rings is 1. The van der Waals surface area contributed by atoms with Gasteiger partial charge in [0.2, 0.25) is 0 Å². The van der Waals surface area contributed by atoms with Crippen molar-refractivity contribution in [1.82, 2.24) is 10.3 Å². The topological polar surface area (TPSA) is 74.0 Å². The number of aromatic nitrogens is 1. The monoisotopic (exact) mass is 301 g/mol. The van der Waals surface area contributed by atoms with Crippen LogP contribution in [0.25, 0.3) is 0 Å². The lowest BCUT2D eigenvalue weighted by atomic mass is 10.3. The first kappa shape index (κ1) is 14.5. The number of hydrogen-bond acceptors (Lipinski definition) is 3. The average molecular weight is 301 g/mol. The fraction of sp³-hybridized carbons (Fsp3) is 0.167. The fourth-order valence-corrected chi connectivity index (χ4v) is 2.72. The second kappa shape index (κ2) is 5.59. The Balaban J connectivity index is 2.28. The molecule has 20 heavy (non-hydrogen) atoms. The summed E-state index contributed by atoms with van der Waals surface area (Å²) in [5, 5.41) is 2.86. The fourth-order valence-electron chi connectivity index (χ4n) is 1.65. The van der Waals surface area contributed by atoms with Gasteiger partial charge in [0, 0.05) is 24.5 Å². The highest BCUT2D eigenvalue weighted by atomic mass is 32.2. The van der Waals surface area contributed by atoms with Crippen LogP contribution in [0.1, 0.15) is 5.69 Å². The second-order valence-electron chi connectivity index (χ2n) is 4.12. The van der Waals surface area contributed by atoms with E-state index in [1.165, 1.54) is 12.3 Å². The molecular formula is C12H13F2N3O2S. The number of H-pyrrole nitrogens is 1. The van der Waals surface area contributed by atoms with E-state index in [1.54, 1.807) is 7.05 Å². The van der Waals surface area contributed by atoms with Crippen molar-refractivity contribution in [3.05, 3.63) is 47.8 Å². The molecule has 2 rings (SSSR count). The van der Waals surface area contributed by atoms with Crippen molar-refractivity contribution in [2.75, 3.05) is 11.8 Å². The Morgan fingerprint density at radius 2 is 2.00 bits per heavy atom. The highest BCUT2D eigenvalue weighted by molar-refractivity contribution is 7.92. The summed E-state index contributed by atoms with van der Waals surface area (Å²) >= 11 is 0. The molecule has 0 unspecified atom stereocenters. The minimum atomic E-state index is -3.97. The van der Waals surface area contributed by atoms with Crippen LogP contribution in [-0.2, 0) is 16.6 Å². The maximum atomic E-state index is 13.4. The van der Waals surface area contributed by atoms with Crippen LogP contribution >= 0.6 is 0 Å².